The van der Waals surface area contributed by atoms with Gasteiger partial charge in [0.1, 0.15) is 5.65 Å². The minimum atomic E-state index is 0.0531. The van der Waals surface area contributed by atoms with Gasteiger partial charge in [0.15, 0.2) is 0 Å². The summed E-state index contributed by atoms with van der Waals surface area (Å²) in [6.07, 6.45) is 10.9. The number of piperazine rings is 1. The molecule has 1 saturated heterocycles. The first kappa shape index (κ1) is 21.1. The number of aromatic nitrogens is 4. The number of carbonyl (C=O) groups is 1. The molecule has 4 aromatic rings. The molecule has 0 radical (unpaired) electrons. The van der Waals surface area contributed by atoms with Crippen molar-refractivity contribution in [3.63, 3.8) is 0 Å². The fraction of sp³-hybridized carbons (Fsp3) is 0.346. The SMILES string of the molecule is CN1CC=C(c2cnc3[nH]cc(-c4ccn5ncc(C(=O)N6CCN(C)CC6)c5c4)c3c2)CC1. The monoisotopic (exact) mass is 455 g/mol. The number of likely N-dealkylation sites (N-methyl/N-ethyl adjacent to an activating group) is 2. The largest absolute Gasteiger partial charge is 0.346 e. The predicted octanol–water partition coefficient (Wildman–Crippen LogP) is 2.98. The molecule has 34 heavy (non-hydrogen) atoms. The van der Waals surface area contributed by atoms with E-state index in [2.05, 4.69) is 52.2 Å². The van der Waals surface area contributed by atoms with Crippen molar-refractivity contribution in [1.29, 1.82) is 0 Å². The molecule has 0 saturated carbocycles. The van der Waals surface area contributed by atoms with Gasteiger partial charge in [-0.3, -0.25) is 4.79 Å². The zero-order chi connectivity index (χ0) is 23.2. The Morgan fingerprint density at radius 3 is 2.65 bits per heavy atom. The lowest BCUT2D eigenvalue weighted by molar-refractivity contribution is 0.0666. The van der Waals surface area contributed by atoms with Gasteiger partial charge in [0.2, 0.25) is 0 Å². The van der Waals surface area contributed by atoms with Gasteiger partial charge < -0.3 is 19.7 Å². The Morgan fingerprint density at radius 1 is 1.00 bits per heavy atom. The van der Waals surface area contributed by atoms with Gasteiger partial charge in [-0.05, 0) is 55.4 Å². The molecule has 8 heteroatoms. The third kappa shape index (κ3) is 3.69. The molecule has 1 fully saturated rings. The highest BCUT2D eigenvalue weighted by atomic mass is 16.2. The standard InChI is InChI=1S/C26H29N7O/c1-30-6-3-18(4-7-30)20-13-21-22(16-28-25(21)27-15-20)19-5-8-33-24(14-19)23(17-29-33)26(34)32-11-9-31(2)10-12-32/h3,5,8,13-17H,4,6-7,9-12H2,1-2H3,(H,27,28). The van der Waals surface area contributed by atoms with Crippen LogP contribution in [0.15, 0.2) is 49.1 Å². The fourth-order valence-electron chi connectivity index (χ4n) is 4.94. The molecule has 0 spiro atoms. The Balaban J connectivity index is 1.37. The van der Waals surface area contributed by atoms with Crippen LogP contribution in [0.1, 0.15) is 22.3 Å². The highest BCUT2D eigenvalue weighted by Crippen LogP contribution is 2.32. The van der Waals surface area contributed by atoms with Gasteiger partial charge in [0.05, 0.1) is 17.3 Å². The van der Waals surface area contributed by atoms with Crippen LogP contribution in [0.4, 0.5) is 0 Å². The van der Waals surface area contributed by atoms with Crippen LogP contribution in [-0.4, -0.2) is 93.6 Å². The van der Waals surface area contributed by atoms with Gasteiger partial charge in [0.25, 0.3) is 5.91 Å². The summed E-state index contributed by atoms with van der Waals surface area (Å²) in [4.78, 5) is 27.8. The second kappa shape index (κ2) is 8.38. The van der Waals surface area contributed by atoms with E-state index in [1.807, 2.05) is 29.6 Å². The molecule has 0 unspecified atom stereocenters. The number of hydrogen-bond acceptors (Lipinski definition) is 5. The second-order valence-corrected chi connectivity index (χ2v) is 9.46. The Labute approximate surface area is 198 Å². The minimum absolute atomic E-state index is 0.0531. The highest BCUT2D eigenvalue weighted by molar-refractivity contribution is 6.02. The number of carbonyl (C=O) groups excluding carboxylic acids is 1. The van der Waals surface area contributed by atoms with Crippen molar-refractivity contribution in [3.05, 3.63) is 60.2 Å². The van der Waals surface area contributed by atoms with Crippen molar-refractivity contribution >= 4 is 28.0 Å². The van der Waals surface area contributed by atoms with Crippen LogP contribution in [0.25, 0.3) is 33.3 Å². The zero-order valence-electron chi connectivity index (χ0n) is 19.7. The quantitative estimate of drug-likeness (QED) is 0.514. The Bertz CT molecular complexity index is 1410. The van der Waals surface area contributed by atoms with Gasteiger partial charge in [0, 0.05) is 68.8 Å². The van der Waals surface area contributed by atoms with Crippen LogP contribution in [0.2, 0.25) is 0 Å². The maximum absolute atomic E-state index is 13.3. The number of rotatable bonds is 3. The Kier molecular flexibility index (Phi) is 5.19. The summed E-state index contributed by atoms with van der Waals surface area (Å²) < 4.78 is 1.79. The smallest absolute Gasteiger partial charge is 0.257 e. The first-order chi connectivity index (χ1) is 16.6. The maximum atomic E-state index is 13.3. The van der Waals surface area contributed by atoms with Gasteiger partial charge >= 0.3 is 0 Å². The summed E-state index contributed by atoms with van der Waals surface area (Å²) in [6.45, 7) is 5.31. The number of aromatic amines is 1. The summed E-state index contributed by atoms with van der Waals surface area (Å²) in [5.74, 6) is 0.0531. The Morgan fingerprint density at radius 2 is 1.85 bits per heavy atom. The van der Waals surface area contributed by atoms with Gasteiger partial charge in [-0.1, -0.05) is 6.08 Å². The number of pyridine rings is 2. The maximum Gasteiger partial charge on any atom is 0.257 e. The minimum Gasteiger partial charge on any atom is -0.346 e. The van der Waals surface area contributed by atoms with Crippen molar-refractivity contribution < 1.29 is 4.79 Å². The molecule has 8 nitrogen and oxygen atoms in total. The summed E-state index contributed by atoms with van der Waals surface area (Å²) in [5, 5.41) is 5.53. The lowest BCUT2D eigenvalue weighted by atomic mass is 9.98. The first-order valence-electron chi connectivity index (χ1n) is 11.9. The van der Waals surface area contributed by atoms with Gasteiger partial charge in [-0.2, -0.15) is 5.10 Å². The van der Waals surface area contributed by atoms with E-state index in [1.165, 1.54) is 11.1 Å². The molecule has 1 amide bonds. The van der Waals surface area contributed by atoms with E-state index < -0.39 is 0 Å². The number of amides is 1. The van der Waals surface area contributed by atoms with Crippen LogP contribution >= 0.6 is 0 Å². The summed E-state index contributed by atoms with van der Waals surface area (Å²) in [5.41, 5.74) is 7.01. The van der Waals surface area contributed by atoms with Crippen molar-refractivity contribution in [2.75, 3.05) is 53.4 Å². The summed E-state index contributed by atoms with van der Waals surface area (Å²) in [6, 6.07) is 6.36. The first-order valence-corrected chi connectivity index (χ1v) is 11.9. The number of nitrogens with zero attached hydrogens (tertiary/aromatic N) is 6. The molecule has 4 aromatic heterocycles. The van der Waals surface area contributed by atoms with E-state index in [-0.39, 0.29) is 5.91 Å². The molecule has 1 N–H and O–H groups in total. The molecular weight excluding hydrogens is 426 g/mol. The third-order valence-electron chi connectivity index (χ3n) is 7.17. The lowest BCUT2D eigenvalue weighted by Gasteiger charge is -2.32. The molecule has 6 heterocycles. The van der Waals surface area contributed by atoms with E-state index in [0.717, 1.165) is 73.4 Å². The fourth-order valence-corrected chi connectivity index (χ4v) is 4.94. The van der Waals surface area contributed by atoms with E-state index in [4.69, 9.17) is 4.98 Å². The second-order valence-electron chi connectivity index (χ2n) is 9.46. The zero-order valence-corrected chi connectivity index (χ0v) is 19.7. The van der Waals surface area contributed by atoms with E-state index in [0.29, 0.717) is 5.56 Å². The van der Waals surface area contributed by atoms with E-state index in [1.54, 1.807) is 10.7 Å². The molecular formula is C26H29N7O. The molecule has 2 aliphatic rings. The van der Waals surface area contributed by atoms with Crippen molar-refractivity contribution in [2.24, 2.45) is 0 Å². The number of hydrogen-bond donors (Lipinski definition) is 1. The third-order valence-corrected chi connectivity index (χ3v) is 7.17. The molecule has 6 rings (SSSR count). The van der Waals surface area contributed by atoms with E-state index in [9.17, 15) is 4.79 Å². The summed E-state index contributed by atoms with van der Waals surface area (Å²) >= 11 is 0. The Hall–Kier alpha value is -3.49. The molecule has 0 atom stereocenters. The number of nitrogens with one attached hydrogen (secondary N) is 1. The number of H-pyrrole nitrogens is 1. The van der Waals surface area contributed by atoms with Crippen LogP contribution in [0, 0.1) is 0 Å². The average Bonchev–Trinajstić information content (AvgIpc) is 3.48. The van der Waals surface area contributed by atoms with Crippen molar-refractivity contribution in [2.45, 2.75) is 6.42 Å². The van der Waals surface area contributed by atoms with Crippen molar-refractivity contribution in [3.8, 4) is 11.1 Å². The predicted molar refractivity (Wildman–Crippen MR) is 134 cm³/mol. The van der Waals surface area contributed by atoms with Crippen molar-refractivity contribution in [1.82, 2.24) is 34.3 Å². The van der Waals surface area contributed by atoms with Crippen LogP contribution in [0.3, 0.4) is 0 Å². The molecule has 174 valence electrons. The van der Waals surface area contributed by atoms with Crippen LogP contribution < -0.4 is 0 Å². The molecule has 0 aliphatic carbocycles. The van der Waals surface area contributed by atoms with Crippen LogP contribution in [-0.2, 0) is 0 Å². The van der Waals surface area contributed by atoms with E-state index >= 15 is 0 Å². The molecule has 2 aliphatic heterocycles. The lowest BCUT2D eigenvalue weighted by Crippen LogP contribution is -2.47. The van der Waals surface area contributed by atoms with Gasteiger partial charge in [-0.25, -0.2) is 9.50 Å². The normalized spacial score (nSPS) is 18.1. The topological polar surface area (TPSA) is 72.8 Å². The van der Waals surface area contributed by atoms with Crippen LogP contribution in [0.5, 0.6) is 0 Å². The highest BCUT2D eigenvalue weighted by Gasteiger charge is 2.23. The molecule has 0 aromatic carbocycles. The number of fused-ring (bicyclic) bond motifs is 2. The van der Waals surface area contributed by atoms with Gasteiger partial charge in [-0.15, -0.1) is 0 Å². The summed E-state index contributed by atoms with van der Waals surface area (Å²) in [7, 11) is 4.24. The molecule has 0 bridgehead atoms. The average molecular weight is 456 g/mol.